The SMILES string of the molecule is CCCCCCCC/C=C\CCCCCCCC(=O)OCC/C=C\C/C=C\CCCCCCCCCCCCCCCCC(=O)NC(CO)C(O)CCCCCCCCCCCCCCCCCCCC. The molecular weight excluding hydrogens is 875 g/mol. The van der Waals surface area contributed by atoms with Crippen molar-refractivity contribution in [2.24, 2.45) is 0 Å². The van der Waals surface area contributed by atoms with Gasteiger partial charge in [0.2, 0.25) is 5.91 Å². The summed E-state index contributed by atoms with van der Waals surface area (Å²) in [6.07, 6.45) is 76.0. The topological polar surface area (TPSA) is 95.9 Å². The Morgan fingerprint density at radius 3 is 1.08 bits per heavy atom. The van der Waals surface area contributed by atoms with Gasteiger partial charge in [0.1, 0.15) is 0 Å². The lowest BCUT2D eigenvalue weighted by atomic mass is 10.0. The summed E-state index contributed by atoms with van der Waals surface area (Å²) in [5.41, 5.74) is 0. The molecule has 0 fully saturated rings. The number of hydrogen-bond acceptors (Lipinski definition) is 5. The van der Waals surface area contributed by atoms with E-state index in [1.54, 1.807) is 0 Å². The van der Waals surface area contributed by atoms with E-state index < -0.39 is 12.1 Å². The maximum absolute atomic E-state index is 12.5. The Balaban J connectivity index is 3.45. The second-order valence-corrected chi connectivity index (χ2v) is 21.7. The van der Waals surface area contributed by atoms with Crippen molar-refractivity contribution < 1.29 is 24.5 Å². The van der Waals surface area contributed by atoms with Crippen molar-refractivity contribution in [2.45, 2.75) is 353 Å². The Kier molecular flexibility index (Phi) is 59.0. The molecule has 3 N–H and O–H groups in total. The minimum absolute atomic E-state index is 0.0375. The maximum atomic E-state index is 12.5. The molecule has 0 saturated heterocycles. The zero-order valence-electron chi connectivity index (χ0n) is 47.7. The molecule has 0 aliphatic heterocycles. The largest absolute Gasteiger partial charge is 0.465 e. The van der Waals surface area contributed by atoms with Gasteiger partial charge in [0.25, 0.3) is 0 Å². The molecule has 0 radical (unpaired) electrons. The fourth-order valence-corrected chi connectivity index (χ4v) is 9.83. The van der Waals surface area contributed by atoms with E-state index in [9.17, 15) is 19.8 Å². The molecule has 2 atom stereocenters. The minimum Gasteiger partial charge on any atom is -0.465 e. The molecule has 6 heteroatoms. The summed E-state index contributed by atoms with van der Waals surface area (Å²) in [5, 5.41) is 23.3. The lowest BCUT2D eigenvalue weighted by Crippen LogP contribution is -2.45. The molecule has 0 rings (SSSR count). The first-order valence-corrected chi connectivity index (χ1v) is 31.7. The first-order valence-electron chi connectivity index (χ1n) is 31.7. The van der Waals surface area contributed by atoms with Crippen LogP contribution in [0.2, 0.25) is 0 Å². The summed E-state index contributed by atoms with van der Waals surface area (Å²) >= 11 is 0. The lowest BCUT2D eigenvalue weighted by Gasteiger charge is -2.22. The van der Waals surface area contributed by atoms with E-state index in [0.29, 0.717) is 25.9 Å². The number of allylic oxidation sites excluding steroid dienone is 5. The average Bonchev–Trinajstić information content (AvgIpc) is 3.37. The van der Waals surface area contributed by atoms with E-state index in [0.717, 1.165) is 51.4 Å². The molecule has 0 aromatic rings. The van der Waals surface area contributed by atoms with Crippen LogP contribution < -0.4 is 5.32 Å². The number of nitrogens with one attached hydrogen (secondary N) is 1. The van der Waals surface area contributed by atoms with Crippen LogP contribution in [-0.4, -0.2) is 47.4 Å². The van der Waals surface area contributed by atoms with Crippen molar-refractivity contribution in [1.29, 1.82) is 0 Å². The number of ether oxygens (including phenoxy) is 1. The summed E-state index contributed by atoms with van der Waals surface area (Å²) in [7, 11) is 0. The van der Waals surface area contributed by atoms with Gasteiger partial charge in [0, 0.05) is 12.8 Å². The van der Waals surface area contributed by atoms with Gasteiger partial charge in [-0.05, 0) is 70.6 Å². The highest BCUT2D eigenvalue weighted by Crippen LogP contribution is 2.18. The smallest absolute Gasteiger partial charge is 0.305 e. The fourth-order valence-electron chi connectivity index (χ4n) is 9.83. The third-order valence-corrected chi connectivity index (χ3v) is 14.7. The standard InChI is InChI=1S/C65H123NO5/c1-3-5-7-9-11-13-15-17-19-20-26-30-33-37-41-45-49-53-57-63(68)62(61-67)66-64(69)58-54-50-46-42-38-34-31-27-24-22-21-23-25-28-32-36-40-44-48-52-56-60-71-65(70)59-55-51-47-43-39-35-29-18-16-14-12-10-8-6-4-2/h18,29,36,40,48,52,62-63,67-68H,3-17,19-28,30-35,37-39,41-47,49-51,53-61H2,1-2H3,(H,66,69)/b29-18-,40-36-,52-48-. The molecular formula is C65H123NO5. The normalized spacial score (nSPS) is 12.8. The number of unbranched alkanes of at least 4 members (excludes halogenated alkanes) is 42. The molecule has 0 saturated carbocycles. The third-order valence-electron chi connectivity index (χ3n) is 14.7. The van der Waals surface area contributed by atoms with Gasteiger partial charge in [-0.3, -0.25) is 9.59 Å². The number of hydrogen-bond donors (Lipinski definition) is 3. The molecule has 0 aromatic carbocycles. The Morgan fingerprint density at radius 2 is 0.704 bits per heavy atom. The number of aliphatic hydroxyl groups is 2. The van der Waals surface area contributed by atoms with Crippen LogP contribution in [0.25, 0.3) is 0 Å². The minimum atomic E-state index is -0.669. The quantitative estimate of drug-likeness (QED) is 0.0321. The number of carbonyl (C=O) groups excluding carboxylic acids is 2. The van der Waals surface area contributed by atoms with Gasteiger partial charge in [-0.2, -0.15) is 0 Å². The van der Waals surface area contributed by atoms with Gasteiger partial charge in [-0.15, -0.1) is 0 Å². The number of rotatable bonds is 59. The molecule has 1 amide bonds. The highest BCUT2D eigenvalue weighted by molar-refractivity contribution is 5.76. The maximum Gasteiger partial charge on any atom is 0.305 e. The van der Waals surface area contributed by atoms with Crippen LogP contribution in [0.3, 0.4) is 0 Å². The number of esters is 1. The Labute approximate surface area is 443 Å². The van der Waals surface area contributed by atoms with Gasteiger partial charge in [-0.25, -0.2) is 0 Å². The average molecular weight is 999 g/mol. The Bertz CT molecular complexity index is 1150. The number of carbonyl (C=O) groups is 2. The molecule has 418 valence electrons. The van der Waals surface area contributed by atoms with E-state index in [1.807, 2.05) is 0 Å². The van der Waals surface area contributed by atoms with E-state index >= 15 is 0 Å². The molecule has 0 aliphatic carbocycles. The van der Waals surface area contributed by atoms with E-state index in [-0.39, 0.29) is 18.5 Å². The van der Waals surface area contributed by atoms with Gasteiger partial charge >= 0.3 is 5.97 Å². The Morgan fingerprint density at radius 1 is 0.394 bits per heavy atom. The first-order chi connectivity index (χ1) is 35.0. The molecule has 2 unspecified atom stereocenters. The van der Waals surface area contributed by atoms with Crippen LogP contribution in [0.5, 0.6) is 0 Å². The molecule has 6 nitrogen and oxygen atoms in total. The Hall–Kier alpha value is -1.92. The van der Waals surface area contributed by atoms with Crippen LogP contribution in [0.1, 0.15) is 341 Å². The predicted molar refractivity (Wildman–Crippen MR) is 310 cm³/mol. The van der Waals surface area contributed by atoms with E-state index in [1.165, 1.54) is 257 Å². The summed E-state index contributed by atoms with van der Waals surface area (Å²) < 4.78 is 5.42. The zero-order chi connectivity index (χ0) is 51.4. The summed E-state index contributed by atoms with van der Waals surface area (Å²) in [6.45, 7) is 4.85. The van der Waals surface area contributed by atoms with Crippen LogP contribution in [0.15, 0.2) is 36.5 Å². The molecule has 0 aliphatic rings. The highest BCUT2D eigenvalue weighted by atomic mass is 16.5. The van der Waals surface area contributed by atoms with Crippen molar-refractivity contribution >= 4 is 11.9 Å². The van der Waals surface area contributed by atoms with Crippen molar-refractivity contribution in [3.63, 3.8) is 0 Å². The van der Waals surface area contributed by atoms with Crippen LogP contribution in [0, 0.1) is 0 Å². The number of amides is 1. The molecule has 0 bridgehead atoms. The summed E-state index contributed by atoms with van der Waals surface area (Å²) in [6, 6.07) is -0.546. The van der Waals surface area contributed by atoms with Crippen LogP contribution >= 0.6 is 0 Å². The molecule has 0 heterocycles. The van der Waals surface area contributed by atoms with Gasteiger partial charge in [0.15, 0.2) is 0 Å². The van der Waals surface area contributed by atoms with Crippen molar-refractivity contribution in [3.8, 4) is 0 Å². The van der Waals surface area contributed by atoms with Gasteiger partial charge < -0.3 is 20.3 Å². The van der Waals surface area contributed by atoms with Crippen molar-refractivity contribution in [2.75, 3.05) is 13.2 Å². The monoisotopic (exact) mass is 998 g/mol. The first kappa shape index (κ1) is 69.1. The molecule has 71 heavy (non-hydrogen) atoms. The van der Waals surface area contributed by atoms with E-state index in [4.69, 9.17) is 4.74 Å². The van der Waals surface area contributed by atoms with Crippen molar-refractivity contribution in [3.05, 3.63) is 36.5 Å². The van der Waals surface area contributed by atoms with Crippen LogP contribution in [0.4, 0.5) is 0 Å². The summed E-state index contributed by atoms with van der Waals surface area (Å²) in [4.78, 5) is 24.5. The predicted octanol–water partition coefficient (Wildman–Crippen LogP) is 20.0. The molecule has 0 aromatic heterocycles. The lowest BCUT2D eigenvalue weighted by molar-refractivity contribution is -0.143. The molecule has 0 spiro atoms. The van der Waals surface area contributed by atoms with Crippen molar-refractivity contribution in [1.82, 2.24) is 5.32 Å². The van der Waals surface area contributed by atoms with Gasteiger partial charge in [0.05, 0.1) is 25.4 Å². The summed E-state index contributed by atoms with van der Waals surface area (Å²) in [5.74, 6) is -0.0803. The zero-order valence-corrected chi connectivity index (χ0v) is 47.7. The van der Waals surface area contributed by atoms with E-state index in [2.05, 4.69) is 55.6 Å². The second-order valence-electron chi connectivity index (χ2n) is 21.7. The third kappa shape index (κ3) is 57.2. The van der Waals surface area contributed by atoms with Gasteiger partial charge in [-0.1, -0.05) is 294 Å². The van der Waals surface area contributed by atoms with Crippen LogP contribution in [-0.2, 0) is 14.3 Å². The second kappa shape index (κ2) is 60.6. The highest BCUT2D eigenvalue weighted by Gasteiger charge is 2.20. The fraction of sp³-hybridized carbons (Fsp3) is 0.877. The number of aliphatic hydroxyl groups excluding tert-OH is 2.